The quantitative estimate of drug-likeness (QED) is 0.555. The number of esters is 2. The number of carbonyl (C=O) groups is 2. The minimum absolute atomic E-state index is 0.00834. The predicted octanol–water partition coefficient (Wildman–Crippen LogP) is 3.69. The molecule has 0 spiro atoms. The highest BCUT2D eigenvalue weighted by atomic mass is 16.5. The Morgan fingerprint density at radius 2 is 1.72 bits per heavy atom. The monoisotopic (exact) mass is 485 g/mol. The summed E-state index contributed by atoms with van der Waals surface area (Å²) in [6.07, 6.45) is 1.74. The predicted molar refractivity (Wildman–Crippen MR) is 134 cm³/mol. The van der Waals surface area contributed by atoms with Crippen LogP contribution in [0, 0.1) is 11.3 Å². The van der Waals surface area contributed by atoms with E-state index < -0.39 is 17.9 Å². The Labute approximate surface area is 209 Å². The lowest BCUT2D eigenvalue weighted by molar-refractivity contribution is -0.139. The van der Waals surface area contributed by atoms with Gasteiger partial charge in [-0.2, -0.15) is 5.26 Å². The molecular weight excluding hydrogens is 458 g/mol. The Kier molecular flexibility index (Phi) is 6.29. The van der Waals surface area contributed by atoms with E-state index in [0.717, 1.165) is 5.52 Å². The summed E-state index contributed by atoms with van der Waals surface area (Å²) in [5, 5.41) is 10.2. The number of methoxy groups -OCH3 is 2. The maximum Gasteiger partial charge on any atom is 0.355 e. The van der Waals surface area contributed by atoms with Gasteiger partial charge < -0.3 is 19.8 Å². The molecular formula is C27H27N5O4. The van der Waals surface area contributed by atoms with Gasteiger partial charge in [0.15, 0.2) is 0 Å². The van der Waals surface area contributed by atoms with E-state index in [1.165, 1.54) is 19.1 Å². The van der Waals surface area contributed by atoms with E-state index in [1.54, 1.807) is 42.7 Å². The molecule has 9 heteroatoms. The zero-order valence-electron chi connectivity index (χ0n) is 20.8. The van der Waals surface area contributed by atoms with Crippen LogP contribution in [0.3, 0.4) is 0 Å². The van der Waals surface area contributed by atoms with Gasteiger partial charge in [-0.1, -0.05) is 30.3 Å². The molecule has 184 valence electrons. The van der Waals surface area contributed by atoms with Gasteiger partial charge in [0.1, 0.15) is 11.5 Å². The van der Waals surface area contributed by atoms with Crippen molar-refractivity contribution < 1.29 is 19.1 Å². The third kappa shape index (κ3) is 3.96. The van der Waals surface area contributed by atoms with Crippen molar-refractivity contribution in [2.45, 2.75) is 32.2 Å². The first-order chi connectivity index (χ1) is 17.1. The van der Waals surface area contributed by atoms with Gasteiger partial charge in [-0.05, 0) is 44.5 Å². The molecule has 0 aliphatic carbocycles. The molecule has 0 saturated heterocycles. The number of nitrogens with zero attached hydrogens (tertiary/aromatic N) is 4. The van der Waals surface area contributed by atoms with E-state index in [9.17, 15) is 14.9 Å². The number of carbonyl (C=O) groups excluding carboxylic acids is 2. The van der Waals surface area contributed by atoms with Crippen LogP contribution < -0.4 is 10.6 Å². The molecule has 2 aromatic carbocycles. The lowest BCUT2D eigenvalue weighted by Crippen LogP contribution is -2.40. The van der Waals surface area contributed by atoms with Crippen LogP contribution in [0.1, 0.15) is 32.3 Å². The van der Waals surface area contributed by atoms with E-state index in [1.807, 2.05) is 16.7 Å². The first-order valence-electron chi connectivity index (χ1n) is 11.3. The molecule has 1 aliphatic rings. The average Bonchev–Trinajstić information content (AvgIpc) is 3.31. The summed E-state index contributed by atoms with van der Waals surface area (Å²) in [4.78, 5) is 32.2. The number of hydrogen-bond acceptors (Lipinski definition) is 8. The molecule has 9 nitrogen and oxygen atoms in total. The van der Waals surface area contributed by atoms with Crippen LogP contribution in [-0.4, -0.2) is 35.7 Å². The molecule has 1 aliphatic heterocycles. The van der Waals surface area contributed by atoms with Crippen molar-refractivity contribution in [3.8, 4) is 6.07 Å². The van der Waals surface area contributed by atoms with Crippen molar-refractivity contribution in [1.29, 1.82) is 5.26 Å². The van der Waals surface area contributed by atoms with Crippen molar-refractivity contribution in [2.24, 2.45) is 5.73 Å². The van der Waals surface area contributed by atoms with E-state index in [2.05, 4.69) is 31.8 Å². The number of hydrogen-bond donors (Lipinski definition) is 1. The number of nitriles is 1. The number of fused-ring (bicyclic) bond motifs is 1. The molecule has 1 atom stereocenters. The first-order valence-corrected chi connectivity index (χ1v) is 11.3. The molecule has 0 amide bonds. The largest absolute Gasteiger partial charge is 0.466 e. The van der Waals surface area contributed by atoms with E-state index in [4.69, 9.17) is 15.2 Å². The fourth-order valence-electron chi connectivity index (χ4n) is 4.46. The van der Waals surface area contributed by atoms with Crippen LogP contribution in [0.25, 0.3) is 11.0 Å². The molecule has 0 bridgehead atoms. The summed E-state index contributed by atoms with van der Waals surface area (Å²) < 4.78 is 12.2. The van der Waals surface area contributed by atoms with Crippen LogP contribution in [0.4, 0.5) is 5.69 Å². The van der Waals surface area contributed by atoms with Crippen LogP contribution in [0.2, 0.25) is 0 Å². The second-order valence-corrected chi connectivity index (χ2v) is 9.29. The number of imidazole rings is 1. The fraction of sp³-hybridized carbons (Fsp3) is 0.259. The molecule has 0 radical (unpaired) electrons. The van der Waals surface area contributed by atoms with E-state index in [0.29, 0.717) is 16.8 Å². The van der Waals surface area contributed by atoms with Gasteiger partial charge in [-0.3, -0.25) is 4.90 Å². The lowest BCUT2D eigenvalue weighted by Gasteiger charge is -2.35. The van der Waals surface area contributed by atoms with Crippen molar-refractivity contribution in [1.82, 2.24) is 9.55 Å². The van der Waals surface area contributed by atoms with Crippen LogP contribution in [-0.2, 0) is 24.6 Å². The normalized spacial score (nSPS) is 16.2. The number of ether oxygens (including phenoxy) is 2. The van der Waals surface area contributed by atoms with E-state index >= 15 is 0 Å². The third-order valence-corrected chi connectivity index (χ3v) is 6.12. The first kappa shape index (κ1) is 24.5. The summed E-state index contributed by atoms with van der Waals surface area (Å²) in [6, 6.07) is 16.4. The topological polar surface area (TPSA) is 123 Å². The molecule has 3 aromatic rings. The molecule has 0 saturated carbocycles. The minimum atomic E-state index is -0.919. The smallest absolute Gasteiger partial charge is 0.355 e. The standard InChI is InChI=1S/C27H27N5O4/c1-27(2,3)31-15-30-19-13-17(11-12-20(19)31)32-23(26(34)36-5)22(25(33)35-4)21(18(14-28)24(32)29)16-9-7-6-8-10-16/h6-13,15,21H,29H2,1-5H3. The maximum absolute atomic E-state index is 13.2. The molecule has 36 heavy (non-hydrogen) atoms. The van der Waals surface area contributed by atoms with Gasteiger partial charge in [0.2, 0.25) is 0 Å². The van der Waals surface area contributed by atoms with Crippen LogP contribution >= 0.6 is 0 Å². The lowest BCUT2D eigenvalue weighted by atomic mass is 9.81. The summed E-state index contributed by atoms with van der Waals surface area (Å²) in [5.74, 6) is -2.48. The zero-order chi connectivity index (χ0) is 26.2. The van der Waals surface area contributed by atoms with Gasteiger partial charge in [-0.25, -0.2) is 14.6 Å². The van der Waals surface area contributed by atoms with Gasteiger partial charge >= 0.3 is 11.9 Å². The summed E-state index contributed by atoms with van der Waals surface area (Å²) in [7, 11) is 2.43. The van der Waals surface area contributed by atoms with Gasteiger partial charge in [0, 0.05) is 5.54 Å². The van der Waals surface area contributed by atoms with Gasteiger partial charge in [0.05, 0.1) is 60.4 Å². The van der Waals surface area contributed by atoms with Crippen molar-refractivity contribution in [3.63, 3.8) is 0 Å². The van der Waals surface area contributed by atoms with Crippen LogP contribution in [0.15, 0.2) is 77.5 Å². The number of aromatic nitrogens is 2. The zero-order valence-corrected chi connectivity index (χ0v) is 20.8. The highest BCUT2D eigenvalue weighted by molar-refractivity contribution is 6.06. The maximum atomic E-state index is 13.2. The molecule has 2 N–H and O–H groups in total. The Morgan fingerprint density at radius 3 is 2.31 bits per heavy atom. The number of rotatable bonds is 4. The minimum Gasteiger partial charge on any atom is -0.466 e. The molecule has 0 fully saturated rings. The Morgan fingerprint density at radius 1 is 1.06 bits per heavy atom. The highest BCUT2D eigenvalue weighted by Crippen LogP contribution is 2.43. The molecule has 4 rings (SSSR count). The Balaban J connectivity index is 2.03. The van der Waals surface area contributed by atoms with Gasteiger partial charge in [0.25, 0.3) is 0 Å². The highest BCUT2D eigenvalue weighted by Gasteiger charge is 2.43. The third-order valence-electron chi connectivity index (χ3n) is 6.12. The molecule has 2 heterocycles. The van der Waals surface area contributed by atoms with Gasteiger partial charge in [-0.15, -0.1) is 0 Å². The number of benzene rings is 2. The SMILES string of the molecule is COC(=O)C1=C(C(=O)OC)N(c2ccc3c(c2)ncn3C(C)(C)C)C(N)=C(C#N)C1c1ccccc1. The van der Waals surface area contributed by atoms with Crippen molar-refractivity contribution >= 4 is 28.7 Å². The number of nitrogens with two attached hydrogens (primary N) is 1. The van der Waals surface area contributed by atoms with Crippen LogP contribution in [0.5, 0.6) is 0 Å². The summed E-state index contributed by atoms with van der Waals surface area (Å²) in [6.45, 7) is 6.20. The second kappa shape index (κ2) is 9.23. The molecule has 1 unspecified atom stereocenters. The summed E-state index contributed by atoms with van der Waals surface area (Å²) in [5.41, 5.74) is 8.89. The van der Waals surface area contributed by atoms with E-state index in [-0.39, 0.29) is 28.2 Å². The van der Waals surface area contributed by atoms with Crippen molar-refractivity contribution in [3.05, 3.63) is 83.1 Å². The Hall–Kier alpha value is -4.58. The van der Waals surface area contributed by atoms with Crippen molar-refractivity contribution in [2.75, 3.05) is 19.1 Å². The second-order valence-electron chi connectivity index (χ2n) is 9.29. The Bertz CT molecular complexity index is 1450. The summed E-state index contributed by atoms with van der Waals surface area (Å²) >= 11 is 0. The number of allylic oxidation sites excluding steroid dienone is 1. The number of anilines is 1. The molecule has 1 aromatic heterocycles. The average molecular weight is 486 g/mol. The fourth-order valence-corrected chi connectivity index (χ4v) is 4.46.